The highest BCUT2D eigenvalue weighted by atomic mass is 16.6. The Labute approximate surface area is 224 Å². The smallest absolute Gasteiger partial charge is 0.313 e. The molecule has 8 heteroatoms. The van der Waals surface area contributed by atoms with Crippen LogP contribution in [0.15, 0.2) is 42.5 Å². The largest absolute Gasteiger partial charge is 0.465 e. The lowest BCUT2D eigenvalue weighted by Gasteiger charge is -2.42. The zero-order valence-corrected chi connectivity index (χ0v) is 22.8. The van der Waals surface area contributed by atoms with E-state index >= 15 is 0 Å². The first-order valence-corrected chi connectivity index (χ1v) is 13.7. The molecule has 0 bridgehead atoms. The van der Waals surface area contributed by atoms with Crippen molar-refractivity contribution in [1.82, 2.24) is 4.90 Å². The van der Waals surface area contributed by atoms with Gasteiger partial charge in [0.05, 0.1) is 25.2 Å². The van der Waals surface area contributed by atoms with E-state index in [1.807, 2.05) is 77.1 Å². The predicted octanol–water partition coefficient (Wildman–Crippen LogP) is 3.09. The topological polar surface area (TPSA) is 96.4 Å². The number of hydrogen-bond acceptors (Lipinski definition) is 6. The minimum absolute atomic E-state index is 0.131. The Morgan fingerprint density at radius 3 is 2.39 bits per heavy atom. The number of rotatable bonds is 5. The van der Waals surface area contributed by atoms with Crippen molar-refractivity contribution in [3.05, 3.63) is 53.6 Å². The quantitative estimate of drug-likeness (QED) is 0.472. The van der Waals surface area contributed by atoms with Crippen molar-refractivity contribution >= 4 is 23.5 Å². The molecule has 38 heavy (non-hydrogen) atoms. The molecule has 1 aromatic carbocycles. The maximum atomic E-state index is 14.7. The van der Waals surface area contributed by atoms with Gasteiger partial charge in [0.2, 0.25) is 5.91 Å². The molecule has 2 saturated heterocycles. The van der Waals surface area contributed by atoms with Gasteiger partial charge < -0.3 is 24.4 Å². The van der Waals surface area contributed by atoms with Crippen molar-refractivity contribution < 1.29 is 29.0 Å². The molecule has 4 aliphatic rings. The first-order chi connectivity index (χ1) is 18.1. The molecule has 0 radical (unpaired) electrons. The molecule has 1 unspecified atom stereocenters. The number of aliphatic hydroxyl groups excluding tert-OH is 1. The summed E-state index contributed by atoms with van der Waals surface area (Å²) in [5.74, 6) is -3.09. The number of cyclic esters (lactones) is 1. The van der Waals surface area contributed by atoms with E-state index in [0.717, 1.165) is 16.8 Å². The lowest BCUT2D eigenvalue weighted by Crippen LogP contribution is -2.60. The molecule has 1 aromatic rings. The Hall–Kier alpha value is -2.97. The van der Waals surface area contributed by atoms with Crippen LogP contribution in [-0.4, -0.2) is 70.8 Å². The molecule has 1 N–H and O–H groups in total. The molecule has 2 amide bonds. The molecule has 4 heterocycles. The van der Waals surface area contributed by atoms with Gasteiger partial charge in [-0.25, -0.2) is 0 Å². The zero-order chi connectivity index (χ0) is 27.4. The van der Waals surface area contributed by atoms with E-state index in [-0.39, 0.29) is 30.9 Å². The fourth-order valence-electron chi connectivity index (χ4n) is 7.08. The number of para-hydroxylation sites is 1. The molecular formula is C30H38N2O6. The Morgan fingerprint density at radius 1 is 1.05 bits per heavy atom. The summed E-state index contributed by atoms with van der Waals surface area (Å²) in [5, 5.41) is 10.4. The first-order valence-electron chi connectivity index (χ1n) is 13.7. The number of carbonyl (C=O) groups excluding carboxylic acids is 3. The van der Waals surface area contributed by atoms with Gasteiger partial charge >= 0.3 is 5.97 Å². The van der Waals surface area contributed by atoms with Gasteiger partial charge in [0.1, 0.15) is 23.2 Å². The van der Waals surface area contributed by atoms with E-state index < -0.39 is 41.1 Å². The van der Waals surface area contributed by atoms with Crippen molar-refractivity contribution in [2.45, 2.75) is 70.7 Å². The average Bonchev–Trinajstić information content (AvgIpc) is 3.21. The molecular weight excluding hydrogens is 484 g/mol. The van der Waals surface area contributed by atoms with Gasteiger partial charge in [0, 0.05) is 12.2 Å². The number of aryl methyl sites for hydroxylation is 2. The number of ether oxygens (including phenoxy) is 2. The summed E-state index contributed by atoms with van der Waals surface area (Å²) in [6.07, 6.45) is 8.56. The number of anilines is 1. The van der Waals surface area contributed by atoms with Gasteiger partial charge in [0.15, 0.2) is 0 Å². The number of likely N-dealkylation sites (tertiary alicyclic amines) is 1. The number of nitrogens with zero attached hydrogens (tertiary/aromatic N) is 2. The average molecular weight is 523 g/mol. The molecule has 6 atom stereocenters. The molecule has 4 aliphatic heterocycles. The van der Waals surface area contributed by atoms with Crippen LogP contribution in [0.25, 0.3) is 0 Å². The minimum Gasteiger partial charge on any atom is -0.465 e. The third-order valence-corrected chi connectivity index (χ3v) is 8.86. The Kier molecular flexibility index (Phi) is 6.76. The van der Waals surface area contributed by atoms with E-state index in [9.17, 15) is 19.5 Å². The van der Waals surface area contributed by atoms with Crippen molar-refractivity contribution in [3.63, 3.8) is 0 Å². The molecule has 8 nitrogen and oxygen atoms in total. The Balaban J connectivity index is 1.73. The van der Waals surface area contributed by atoms with Crippen LogP contribution in [0.1, 0.15) is 44.7 Å². The number of carbonyl (C=O) groups is 3. The SMILES string of the molecule is CC[C@]12C=CCCOC(=O)[C@H]1[C@H]1C(=O)N([C@@H](CO)C(C)C)C3C(=O)N(c4c(C)cccc4C)CC=C[C@@]31O2. The summed E-state index contributed by atoms with van der Waals surface area (Å²) >= 11 is 0. The second-order valence-electron chi connectivity index (χ2n) is 11.3. The highest BCUT2D eigenvalue weighted by Gasteiger charge is 2.76. The Morgan fingerprint density at radius 2 is 1.76 bits per heavy atom. The van der Waals surface area contributed by atoms with Gasteiger partial charge in [-0.2, -0.15) is 0 Å². The van der Waals surface area contributed by atoms with Crippen molar-refractivity contribution in [3.8, 4) is 0 Å². The van der Waals surface area contributed by atoms with E-state index in [1.165, 1.54) is 4.90 Å². The summed E-state index contributed by atoms with van der Waals surface area (Å²) in [6, 6.07) is 4.21. The molecule has 204 valence electrons. The van der Waals surface area contributed by atoms with Crippen LogP contribution in [-0.2, 0) is 23.9 Å². The molecule has 5 rings (SSSR count). The van der Waals surface area contributed by atoms with Crippen LogP contribution in [0.2, 0.25) is 0 Å². The second-order valence-corrected chi connectivity index (χ2v) is 11.3. The Bertz CT molecular complexity index is 1190. The summed E-state index contributed by atoms with van der Waals surface area (Å²) in [5.41, 5.74) is 0.239. The van der Waals surface area contributed by atoms with Crippen LogP contribution >= 0.6 is 0 Å². The van der Waals surface area contributed by atoms with Crippen LogP contribution in [0.5, 0.6) is 0 Å². The number of amides is 2. The van der Waals surface area contributed by atoms with Crippen molar-refractivity contribution in [2.24, 2.45) is 17.8 Å². The van der Waals surface area contributed by atoms with Crippen LogP contribution < -0.4 is 4.90 Å². The van der Waals surface area contributed by atoms with Gasteiger partial charge in [-0.15, -0.1) is 0 Å². The summed E-state index contributed by atoms with van der Waals surface area (Å²) < 4.78 is 12.5. The highest BCUT2D eigenvalue weighted by Crippen LogP contribution is 2.59. The molecule has 1 spiro atoms. The number of aliphatic hydroxyl groups is 1. The third kappa shape index (κ3) is 3.67. The van der Waals surface area contributed by atoms with Gasteiger partial charge in [-0.1, -0.05) is 63.3 Å². The lowest BCUT2D eigenvalue weighted by atomic mass is 9.73. The number of benzene rings is 1. The first kappa shape index (κ1) is 26.6. The number of hydrogen-bond donors (Lipinski definition) is 1. The van der Waals surface area contributed by atoms with Gasteiger partial charge in [0.25, 0.3) is 5.91 Å². The second kappa shape index (κ2) is 9.65. The summed E-state index contributed by atoms with van der Waals surface area (Å²) in [4.78, 5) is 45.9. The van der Waals surface area contributed by atoms with Crippen LogP contribution in [0, 0.1) is 31.6 Å². The molecule has 0 aromatic heterocycles. The maximum Gasteiger partial charge on any atom is 0.313 e. The highest BCUT2D eigenvalue weighted by molar-refractivity contribution is 6.06. The third-order valence-electron chi connectivity index (χ3n) is 8.86. The fraction of sp³-hybridized carbons (Fsp3) is 0.567. The van der Waals surface area contributed by atoms with E-state index in [4.69, 9.17) is 9.47 Å². The van der Waals surface area contributed by atoms with E-state index in [0.29, 0.717) is 19.4 Å². The minimum atomic E-state index is -1.38. The van der Waals surface area contributed by atoms with E-state index in [1.54, 1.807) is 4.90 Å². The molecule has 0 saturated carbocycles. The van der Waals surface area contributed by atoms with Crippen molar-refractivity contribution in [1.29, 1.82) is 0 Å². The molecule has 2 fully saturated rings. The molecule has 0 aliphatic carbocycles. The number of fused-ring (bicyclic) bond motifs is 2. The normalized spacial score (nSPS) is 33.4. The predicted molar refractivity (Wildman–Crippen MR) is 142 cm³/mol. The summed E-state index contributed by atoms with van der Waals surface area (Å²) in [6.45, 7) is 9.91. The van der Waals surface area contributed by atoms with Crippen LogP contribution in [0.3, 0.4) is 0 Å². The summed E-state index contributed by atoms with van der Waals surface area (Å²) in [7, 11) is 0. The van der Waals surface area contributed by atoms with E-state index in [2.05, 4.69) is 0 Å². The number of esters is 1. The van der Waals surface area contributed by atoms with Crippen LogP contribution in [0.4, 0.5) is 5.69 Å². The standard InChI is InChI=1S/C30H38N2O6/c1-6-29-13-7-8-16-37-28(36)23(29)22-26(34)32(21(17-33)18(2)3)25-27(35)31(15-10-14-30(22,25)38-29)24-19(4)11-9-12-20(24)5/h7,9-14,18,21-23,25,33H,6,8,15-17H2,1-5H3/t21-,22-,23+,25?,29-,30-/m0/s1. The van der Waals surface area contributed by atoms with Gasteiger partial charge in [-0.05, 0) is 43.7 Å². The maximum absolute atomic E-state index is 14.7. The van der Waals surface area contributed by atoms with Gasteiger partial charge in [-0.3, -0.25) is 14.4 Å². The van der Waals surface area contributed by atoms with Crippen molar-refractivity contribution in [2.75, 3.05) is 24.7 Å². The fourth-order valence-corrected chi connectivity index (χ4v) is 7.08. The monoisotopic (exact) mass is 522 g/mol. The zero-order valence-electron chi connectivity index (χ0n) is 22.8. The lowest BCUT2D eigenvalue weighted by molar-refractivity contribution is -0.162.